The third-order valence-corrected chi connectivity index (χ3v) is 2.88. The Morgan fingerprint density at radius 3 is 1.75 bits per heavy atom. The SMILES string of the molecule is CC1(COCC(F)(F)F)COC1.FC1C(F)(F)OC(F)(F)C1(F)F. The van der Waals surface area contributed by atoms with Crippen LogP contribution in [0.4, 0.5) is 43.9 Å². The van der Waals surface area contributed by atoms with Gasteiger partial charge in [0.1, 0.15) is 6.61 Å². The molecule has 13 heteroatoms. The van der Waals surface area contributed by atoms with Gasteiger partial charge in [-0.15, -0.1) is 0 Å². The molecule has 0 amide bonds. The van der Waals surface area contributed by atoms with Gasteiger partial charge in [0.25, 0.3) is 6.17 Å². The smallest absolute Gasteiger partial charge is 0.380 e. The van der Waals surface area contributed by atoms with Crippen molar-refractivity contribution in [3.63, 3.8) is 0 Å². The fourth-order valence-corrected chi connectivity index (χ4v) is 1.60. The van der Waals surface area contributed by atoms with E-state index in [1.165, 1.54) is 0 Å². The molecule has 1 unspecified atom stereocenters. The van der Waals surface area contributed by atoms with Crippen LogP contribution < -0.4 is 0 Å². The fourth-order valence-electron chi connectivity index (χ4n) is 1.60. The highest BCUT2D eigenvalue weighted by atomic mass is 19.4. The number of hydrogen-bond donors (Lipinski definition) is 0. The first-order valence-corrected chi connectivity index (χ1v) is 6.22. The average Bonchev–Trinajstić information content (AvgIpc) is 2.43. The normalized spacial score (nSPS) is 29.4. The highest BCUT2D eigenvalue weighted by Crippen LogP contribution is 2.53. The Hall–Kier alpha value is -0.820. The quantitative estimate of drug-likeness (QED) is 0.696. The van der Waals surface area contributed by atoms with E-state index in [2.05, 4.69) is 9.47 Å². The predicted octanol–water partition coefficient (Wildman–Crippen LogP) is 3.78. The van der Waals surface area contributed by atoms with Gasteiger partial charge in [-0.05, 0) is 0 Å². The van der Waals surface area contributed by atoms with Gasteiger partial charge in [-0.3, -0.25) is 0 Å². The summed E-state index contributed by atoms with van der Waals surface area (Å²) in [5.41, 5.74) is -0.203. The van der Waals surface area contributed by atoms with Crippen LogP contribution >= 0.6 is 0 Å². The van der Waals surface area contributed by atoms with E-state index in [1.54, 1.807) is 0 Å². The molecule has 0 bridgehead atoms. The average molecular weight is 382 g/mol. The molecule has 0 saturated carbocycles. The van der Waals surface area contributed by atoms with Crippen LogP contribution in [0.5, 0.6) is 0 Å². The first-order chi connectivity index (χ1) is 10.5. The van der Waals surface area contributed by atoms with E-state index in [0.29, 0.717) is 13.2 Å². The topological polar surface area (TPSA) is 27.7 Å². The molecular weight excluding hydrogens is 370 g/mol. The minimum atomic E-state index is -5.49. The first-order valence-electron chi connectivity index (χ1n) is 6.22. The van der Waals surface area contributed by atoms with Gasteiger partial charge >= 0.3 is 24.3 Å². The van der Waals surface area contributed by atoms with E-state index in [9.17, 15) is 43.9 Å². The summed E-state index contributed by atoms with van der Waals surface area (Å²) in [4.78, 5) is 0. The summed E-state index contributed by atoms with van der Waals surface area (Å²) in [6, 6.07) is 0. The van der Waals surface area contributed by atoms with Crippen molar-refractivity contribution in [3.05, 3.63) is 0 Å². The highest BCUT2D eigenvalue weighted by molar-refractivity contribution is 4.97. The number of halogens is 10. The van der Waals surface area contributed by atoms with Crippen molar-refractivity contribution in [3.8, 4) is 0 Å². The minimum absolute atomic E-state index is 0.118. The zero-order valence-corrected chi connectivity index (χ0v) is 11.9. The van der Waals surface area contributed by atoms with Gasteiger partial charge in [0.15, 0.2) is 0 Å². The molecule has 0 radical (unpaired) electrons. The standard InChI is InChI=1S/C7H11F3O2.C4HF7O/c1-6(2-11-3-6)4-12-5-7(8,9)10;5-1-2(6,7)4(10,11)12-3(1,8)9/h2-5H2,1H3;1H. The Labute approximate surface area is 128 Å². The molecule has 0 aliphatic carbocycles. The Bertz CT molecular complexity index is 432. The Kier molecular flexibility index (Phi) is 5.73. The van der Waals surface area contributed by atoms with Gasteiger partial charge in [-0.25, -0.2) is 9.13 Å². The van der Waals surface area contributed by atoms with Crippen molar-refractivity contribution in [1.82, 2.24) is 0 Å². The molecule has 0 spiro atoms. The van der Waals surface area contributed by atoms with Crippen molar-refractivity contribution in [2.24, 2.45) is 5.41 Å². The van der Waals surface area contributed by atoms with Crippen molar-refractivity contribution < 1.29 is 58.1 Å². The van der Waals surface area contributed by atoms with Crippen LogP contribution in [0.25, 0.3) is 0 Å². The number of hydrogen-bond acceptors (Lipinski definition) is 3. The molecule has 2 saturated heterocycles. The summed E-state index contributed by atoms with van der Waals surface area (Å²) in [5.74, 6) is -5.49. The number of alkyl halides is 10. The molecule has 2 aliphatic heterocycles. The highest BCUT2D eigenvalue weighted by Gasteiger charge is 2.80. The van der Waals surface area contributed by atoms with Gasteiger partial charge in [-0.2, -0.15) is 39.5 Å². The molecule has 2 rings (SSSR count). The maximum Gasteiger partial charge on any atom is 0.427 e. The first kappa shape index (κ1) is 21.2. The molecule has 2 aliphatic rings. The second-order valence-electron chi connectivity index (χ2n) is 5.58. The van der Waals surface area contributed by atoms with E-state index in [4.69, 9.17) is 4.74 Å². The van der Waals surface area contributed by atoms with Crippen molar-refractivity contribution in [1.29, 1.82) is 0 Å². The van der Waals surface area contributed by atoms with Crippen molar-refractivity contribution in [2.75, 3.05) is 26.4 Å². The monoisotopic (exact) mass is 382 g/mol. The fraction of sp³-hybridized carbons (Fsp3) is 1.00. The molecule has 2 fully saturated rings. The molecule has 144 valence electrons. The van der Waals surface area contributed by atoms with Crippen LogP contribution in [0.15, 0.2) is 0 Å². The van der Waals surface area contributed by atoms with Crippen LogP contribution in [0.1, 0.15) is 6.92 Å². The van der Waals surface area contributed by atoms with Gasteiger partial charge in [0, 0.05) is 5.41 Å². The van der Waals surface area contributed by atoms with Crippen molar-refractivity contribution >= 4 is 0 Å². The van der Waals surface area contributed by atoms with Crippen molar-refractivity contribution in [2.45, 2.75) is 37.4 Å². The zero-order chi connectivity index (χ0) is 19.0. The predicted molar refractivity (Wildman–Crippen MR) is 56.6 cm³/mol. The summed E-state index contributed by atoms with van der Waals surface area (Å²) in [7, 11) is 0. The zero-order valence-electron chi connectivity index (χ0n) is 11.9. The molecule has 24 heavy (non-hydrogen) atoms. The maximum atomic E-state index is 11.9. The molecule has 0 aromatic heterocycles. The summed E-state index contributed by atoms with van der Waals surface area (Å²) >= 11 is 0. The van der Waals surface area contributed by atoms with Crippen LogP contribution in [-0.2, 0) is 14.2 Å². The number of rotatable bonds is 3. The van der Waals surface area contributed by atoms with Gasteiger partial charge in [-0.1, -0.05) is 6.92 Å². The Morgan fingerprint density at radius 1 is 1.04 bits per heavy atom. The minimum Gasteiger partial charge on any atom is -0.380 e. The summed E-state index contributed by atoms with van der Waals surface area (Å²) in [5, 5.41) is 0. The Morgan fingerprint density at radius 2 is 1.54 bits per heavy atom. The van der Waals surface area contributed by atoms with Crippen LogP contribution in [0, 0.1) is 5.41 Å². The maximum absolute atomic E-state index is 11.9. The van der Waals surface area contributed by atoms with E-state index >= 15 is 0 Å². The van der Waals surface area contributed by atoms with Gasteiger partial charge < -0.3 is 9.47 Å². The number of ether oxygens (including phenoxy) is 3. The second kappa shape index (κ2) is 6.48. The summed E-state index contributed by atoms with van der Waals surface area (Å²) in [6.45, 7) is 1.78. The second-order valence-corrected chi connectivity index (χ2v) is 5.58. The molecule has 2 heterocycles. The van der Waals surface area contributed by atoms with Gasteiger partial charge in [0.05, 0.1) is 19.8 Å². The summed E-state index contributed by atoms with van der Waals surface area (Å²) in [6.07, 6.45) is -19.1. The molecule has 0 aromatic rings. The molecule has 1 atom stereocenters. The van der Waals surface area contributed by atoms with E-state index in [1.807, 2.05) is 6.92 Å². The summed E-state index contributed by atoms with van der Waals surface area (Å²) < 4.78 is 129. The van der Waals surface area contributed by atoms with Crippen LogP contribution in [-0.4, -0.2) is 56.9 Å². The van der Waals surface area contributed by atoms with Gasteiger partial charge in [0.2, 0.25) is 0 Å². The van der Waals surface area contributed by atoms with E-state index in [-0.39, 0.29) is 12.0 Å². The Balaban J connectivity index is 0.000000240. The van der Waals surface area contributed by atoms with Crippen LogP contribution in [0.2, 0.25) is 0 Å². The van der Waals surface area contributed by atoms with E-state index in [0.717, 1.165) is 0 Å². The lowest BCUT2D eigenvalue weighted by molar-refractivity contribution is -0.361. The third-order valence-electron chi connectivity index (χ3n) is 2.88. The lowest BCUT2D eigenvalue weighted by Crippen LogP contribution is -2.44. The largest absolute Gasteiger partial charge is 0.427 e. The molecule has 0 N–H and O–H groups in total. The van der Waals surface area contributed by atoms with E-state index < -0.39 is 37.1 Å². The molecule has 0 aromatic carbocycles. The van der Waals surface area contributed by atoms with Crippen LogP contribution in [0.3, 0.4) is 0 Å². The lowest BCUT2D eigenvalue weighted by Gasteiger charge is -2.37. The third kappa shape index (κ3) is 4.85. The molecular formula is C11H12F10O3. The lowest BCUT2D eigenvalue weighted by atomic mass is 9.90. The molecule has 3 nitrogen and oxygen atoms in total.